The summed E-state index contributed by atoms with van der Waals surface area (Å²) in [5.41, 5.74) is 0. The summed E-state index contributed by atoms with van der Waals surface area (Å²) in [6, 6.07) is 0.541. The fourth-order valence-electron chi connectivity index (χ4n) is 2.01. The lowest BCUT2D eigenvalue weighted by atomic mass is 10.0. The number of hydrogen-bond donors (Lipinski definition) is 1. The van der Waals surface area contributed by atoms with Crippen molar-refractivity contribution >= 4 is 0 Å². The van der Waals surface area contributed by atoms with Crippen LogP contribution < -0.4 is 0 Å². The number of nitrogens with zero attached hydrogens (tertiary/aromatic N) is 1. The van der Waals surface area contributed by atoms with Gasteiger partial charge in [0.25, 0.3) is 0 Å². The van der Waals surface area contributed by atoms with Crippen LogP contribution in [-0.2, 0) is 4.74 Å². The van der Waals surface area contributed by atoms with E-state index in [1.165, 1.54) is 0 Å². The van der Waals surface area contributed by atoms with Crippen LogP contribution in [0.5, 0.6) is 0 Å². The Morgan fingerprint density at radius 3 is 2.83 bits per heavy atom. The molecule has 3 heteroatoms. The van der Waals surface area contributed by atoms with E-state index < -0.39 is 0 Å². The van der Waals surface area contributed by atoms with E-state index in [0.29, 0.717) is 24.7 Å². The maximum atomic E-state index is 9.05. The summed E-state index contributed by atoms with van der Waals surface area (Å²) < 4.78 is 5.18. The Kier molecular flexibility index (Phi) is 2.35. The first kappa shape index (κ1) is 8.48. The van der Waals surface area contributed by atoms with Crippen molar-refractivity contribution in [3.63, 3.8) is 0 Å². The molecule has 0 radical (unpaired) electrons. The maximum Gasteiger partial charge on any atom is 0.0936 e. The van der Waals surface area contributed by atoms with Gasteiger partial charge in [0.05, 0.1) is 12.7 Å². The van der Waals surface area contributed by atoms with Crippen LogP contribution in [0.1, 0.15) is 13.3 Å². The summed E-state index contributed by atoms with van der Waals surface area (Å²) in [7, 11) is 0. The van der Waals surface area contributed by atoms with Gasteiger partial charge in [0.2, 0.25) is 0 Å². The molecule has 0 aromatic carbocycles. The van der Waals surface area contributed by atoms with Gasteiger partial charge in [-0.2, -0.15) is 0 Å². The largest absolute Gasteiger partial charge is 0.396 e. The minimum Gasteiger partial charge on any atom is -0.396 e. The van der Waals surface area contributed by atoms with Crippen LogP contribution >= 0.6 is 0 Å². The van der Waals surface area contributed by atoms with Crippen molar-refractivity contribution in [2.75, 3.05) is 26.3 Å². The smallest absolute Gasteiger partial charge is 0.0936 e. The van der Waals surface area contributed by atoms with E-state index in [-0.39, 0.29) is 0 Å². The quantitative estimate of drug-likeness (QED) is 0.611. The summed E-state index contributed by atoms with van der Waals surface area (Å²) in [5, 5.41) is 9.05. The molecule has 1 N–H and O–H groups in total. The standard InChI is InChI=1S/C9H17NO2/c1-7-8(5-11)2-3-10(7)4-9-6-12-9/h7-9,11H,2-6H2,1H3. The zero-order chi connectivity index (χ0) is 8.55. The molecule has 70 valence electrons. The van der Waals surface area contributed by atoms with E-state index in [9.17, 15) is 0 Å². The molecule has 0 aromatic heterocycles. The van der Waals surface area contributed by atoms with Gasteiger partial charge < -0.3 is 9.84 Å². The summed E-state index contributed by atoms with van der Waals surface area (Å²) in [4.78, 5) is 2.43. The Labute approximate surface area is 73.3 Å². The summed E-state index contributed by atoms with van der Waals surface area (Å²) in [6.45, 7) is 5.68. The molecule has 3 nitrogen and oxygen atoms in total. The van der Waals surface area contributed by atoms with Crippen molar-refractivity contribution < 1.29 is 9.84 Å². The van der Waals surface area contributed by atoms with Gasteiger partial charge in [-0.1, -0.05) is 0 Å². The van der Waals surface area contributed by atoms with Crippen molar-refractivity contribution in [2.24, 2.45) is 5.92 Å². The lowest BCUT2D eigenvalue weighted by Gasteiger charge is -2.22. The molecule has 0 bridgehead atoms. The number of hydrogen-bond acceptors (Lipinski definition) is 3. The SMILES string of the molecule is CC1C(CO)CCN1CC1CO1. The van der Waals surface area contributed by atoms with Crippen LogP contribution in [0.15, 0.2) is 0 Å². The average molecular weight is 171 g/mol. The zero-order valence-corrected chi connectivity index (χ0v) is 7.57. The second kappa shape index (κ2) is 3.32. The Bertz CT molecular complexity index is 159. The molecule has 0 aliphatic carbocycles. The lowest BCUT2D eigenvalue weighted by Crippen LogP contribution is -2.34. The summed E-state index contributed by atoms with van der Waals surface area (Å²) >= 11 is 0. The molecule has 0 aromatic rings. The van der Waals surface area contributed by atoms with Crippen LogP contribution in [0, 0.1) is 5.92 Å². The average Bonchev–Trinajstić information content (AvgIpc) is 2.80. The predicted molar refractivity (Wildman–Crippen MR) is 46.0 cm³/mol. The molecular weight excluding hydrogens is 154 g/mol. The second-order valence-corrected chi connectivity index (χ2v) is 3.92. The molecule has 2 aliphatic rings. The van der Waals surface area contributed by atoms with Gasteiger partial charge in [0.1, 0.15) is 0 Å². The second-order valence-electron chi connectivity index (χ2n) is 3.92. The highest BCUT2D eigenvalue weighted by atomic mass is 16.6. The monoisotopic (exact) mass is 171 g/mol. The number of aliphatic hydroxyl groups is 1. The molecule has 2 saturated heterocycles. The van der Waals surface area contributed by atoms with E-state index in [2.05, 4.69) is 11.8 Å². The van der Waals surface area contributed by atoms with E-state index in [0.717, 1.165) is 26.1 Å². The first-order valence-electron chi connectivity index (χ1n) is 4.77. The van der Waals surface area contributed by atoms with Crippen LogP contribution in [0.3, 0.4) is 0 Å². The molecule has 0 spiro atoms. The molecule has 3 unspecified atom stereocenters. The number of ether oxygens (including phenoxy) is 1. The maximum absolute atomic E-state index is 9.05. The molecule has 2 fully saturated rings. The first-order chi connectivity index (χ1) is 5.81. The minimum atomic E-state index is 0.336. The third-order valence-electron chi connectivity index (χ3n) is 3.12. The number of aliphatic hydroxyl groups excluding tert-OH is 1. The van der Waals surface area contributed by atoms with Crippen molar-refractivity contribution in [3.05, 3.63) is 0 Å². The minimum absolute atomic E-state index is 0.336. The van der Waals surface area contributed by atoms with Gasteiger partial charge in [-0.15, -0.1) is 0 Å². The van der Waals surface area contributed by atoms with Gasteiger partial charge in [0.15, 0.2) is 0 Å². The zero-order valence-electron chi connectivity index (χ0n) is 7.57. The Hall–Kier alpha value is -0.120. The van der Waals surface area contributed by atoms with E-state index in [1.807, 2.05) is 0 Å². The number of rotatable bonds is 3. The molecule has 0 amide bonds. The van der Waals surface area contributed by atoms with Gasteiger partial charge in [-0.25, -0.2) is 0 Å². The van der Waals surface area contributed by atoms with E-state index >= 15 is 0 Å². The highest BCUT2D eigenvalue weighted by Gasteiger charge is 2.34. The fourth-order valence-corrected chi connectivity index (χ4v) is 2.01. The molecule has 0 saturated carbocycles. The topological polar surface area (TPSA) is 36.0 Å². The number of epoxide rings is 1. The molecule has 12 heavy (non-hydrogen) atoms. The Morgan fingerprint density at radius 1 is 1.58 bits per heavy atom. The van der Waals surface area contributed by atoms with Crippen molar-refractivity contribution in [2.45, 2.75) is 25.5 Å². The summed E-state index contributed by atoms with van der Waals surface area (Å²) in [6.07, 6.45) is 1.63. The molecular formula is C9H17NO2. The first-order valence-corrected chi connectivity index (χ1v) is 4.77. The van der Waals surface area contributed by atoms with Crippen molar-refractivity contribution in [3.8, 4) is 0 Å². The highest BCUT2D eigenvalue weighted by molar-refractivity contribution is 4.86. The van der Waals surface area contributed by atoms with Gasteiger partial charge >= 0.3 is 0 Å². The normalized spacial score (nSPS) is 42.0. The lowest BCUT2D eigenvalue weighted by molar-refractivity contribution is 0.169. The Morgan fingerprint density at radius 2 is 2.33 bits per heavy atom. The van der Waals surface area contributed by atoms with Crippen LogP contribution in [0.2, 0.25) is 0 Å². The van der Waals surface area contributed by atoms with Crippen LogP contribution in [-0.4, -0.2) is 48.5 Å². The molecule has 2 aliphatic heterocycles. The van der Waals surface area contributed by atoms with E-state index in [4.69, 9.17) is 9.84 Å². The molecule has 3 atom stereocenters. The third kappa shape index (κ3) is 1.63. The van der Waals surface area contributed by atoms with Gasteiger partial charge in [0, 0.05) is 19.2 Å². The molecule has 2 rings (SSSR count). The van der Waals surface area contributed by atoms with Gasteiger partial charge in [-0.05, 0) is 25.8 Å². The highest BCUT2D eigenvalue weighted by Crippen LogP contribution is 2.25. The Balaban J connectivity index is 1.82. The van der Waals surface area contributed by atoms with Crippen LogP contribution in [0.4, 0.5) is 0 Å². The van der Waals surface area contributed by atoms with Crippen LogP contribution in [0.25, 0.3) is 0 Å². The predicted octanol–water partition coefficient (Wildman–Crippen LogP) is 0.0879. The number of likely N-dealkylation sites (tertiary alicyclic amines) is 1. The van der Waals surface area contributed by atoms with Crippen molar-refractivity contribution in [1.82, 2.24) is 4.90 Å². The summed E-state index contributed by atoms with van der Waals surface area (Å²) in [5.74, 6) is 0.490. The fraction of sp³-hybridized carbons (Fsp3) is 1.00. The third-order valence-corrected chi connectivity index (χ3v) is 3.12. The van der Waals surface area contributed by atoms with E-state index in [1.54, 1.807) is 0 Å². The molecule has 2 heterocycles. The van der Waals surface area contributed by atoms with Gasteiger partial charge in [-0.3, -0.25) is 4.90 Å². The van der Waals surface area contributed by atoms with Crippen molar-refractivity contribution in [1.29, 1.82) is 0 Å².